The van der Waals surface area contributed by atoms with E-state index in [4.69, 9.17) is 0 Å². The average Bonchev–Trinajstić information content (AvgIpc) is 2.86. The first-order valence-electron chi connectivity index (χ1n) is 9.21. The van der Waals surface area contributed by atoms with Crippen LogP contribution in [0.2, 0.25) is 0 Å². The summed E-state index contributed by atoms with van der Waals surface area (Å²) < 4.78 is 1.92. The quantitative estimate of drug-likeness (QED) is 0.360. The molecule has 6 nitrogen and oxygen atoms in total. The molecule has 7 heteroatoms. The van der Waals surface area contributed by atoms with Crippen molar-refractivity contribution in [3.8, 4) is 0 Å². The molecule has 0 spiro atoms. The van der Waals surface area contributed by atoms with E-state index in [2.05, 4.69) is 70.7 Å². The van der Waals surface area contributed by atoms with Gasteiger partial charge in [-0.25, -0.2) is 0 Å². The fraction of sp³-hybridized carbons (Fsp3) is 0.500. The topological polar surface area (TPSA) is 57.5 Å². The second-order valence-corrected chi connectivity index (χ2v) is 6.54. The van der Waals surface area contributed by atoms with Gasteiger partial charge in [-0.1, -0.05) is 12.1 Å². The zero-order chi connectivity index (χ0) is 19.1. The van der Waals surface area contributed by atoms with Crippen molar-refractivity contribution in [3.63, 3.8) is 0 Å². The summed E-state index contributed by atoms with van der Waals surface area (Å²) in [6.45, 7) is 11.9. The summed E-state index contributed by atoms with van der Waals surface area (Å²) in [6.07, 6.45) is 0. The van der Waals surface area contributed by atoms with Crippen LogP contribution in [-0.2, 0) is 13.6 Å². The average molecular weight is 484 g/mol. The molecule has 150 valence electrons. The molecule has 1 aromatic carbocycles. The predicted molar refractivity (Wildman–Crippen MR) is 125 cm³/mol. The van der Waals surface area contributed by atoms with Crippen molar-refractivity contribution in [2.24, 2.45) is 12.0 Å². The van der Waals surface area contributed by atoms with Gasteiger partial charge in [-0.05, 0) is 45.4 Å². The monoisotopic (exact) mass is 484 g/mol. The van der Waals surface area contributed by atoms with Gasteiger partial charge >= 0.3 is 0 Å². The number of aromatic nitrogens is 2. The maximum atomic E-state index is 4.46. The molecule has 0 unspecified atom stereocenters. The molecule has 0 saturated heterocycles. The highest BCUT2D eigenvalue weighted by atomic mass is 127. The lowest BCUT2D eigenvalue weighted by molar-refractivity contribution is 0.727. The zero-order valence-electron chi connectivity index (χ0n) is 17.3. The Bertz CT molecular complexity index is 753. The van der Waals surface area contributed by atoms with Crippen LogP contribution < -0.4 is 15.5 Å². The number of aryl methyl sites for hydroxylation is 3. The molecule has 0 aliphatic heterocycles. The highest BCUT2D eigenvalue weighted by molar-refractivity contribution is 14.0. The van der Waals surface area contributed by atoms with E-state index in [1.165, 1.54) is 22.5 Å². The van der Waals surface area contributed by atoms with Gasteiger partial charge in [0.15, 0.2) is 5.96 Å². The molecule has 1 heterocycles. The van der Waals surface area contributed by atoms with Crippen molar-refractivity contribution < 1.29 is 0 Å². The van der Waals surface area contributed by atoms with Crippen molar-refractivity contribution >= 4 is 35.6 Å². The van der Waals surface area contributed by atoms with Gasteiger partial charge in [-0.15, -0.1) is 24.0 Å². The van der Waals surface area contributed by atoms with Gasteiger partial charge in [-0.3, -0.25) is 9.67 Å². The number of likely N-dealkylation sites (N-methyl/N-ethyl adjacent to an activating group) is 1. The summed E-state index contributed by atoms with van der Waals surface area (Å²) in [5.74, 6) is 0.813. The number of halogens is 1. The Morgan fingerprint density at radius 1 is 1.22 bits per heavy atom. The summed E-state index contributed by atoms with van der Waals surface area (Å²) in [4.78, 5) is 6.69. The minimum atomic E-state index is 0. The third-order valence-electron chi connectivity index (χ3n) is 4.74. The standard InChI is InChI=1S/C20H32N6.HI/c1-7-26(18-10-8-9-15(2)13-18)12-11-22-20(21-5)23-14-19-16(3)24-25(6)17(19)4;/h8-10,13H,7,11-12,14H2,1-6H3,(H2,21,22,23);1H. The van der Waals surface area contributed by atoms with Gasteiger partial charge in [0.1, 0.15) is 0 Å². The van der Waals surface area contributed by atoms with Crippen LogP contribution in [0.15, 0.2) is 29.3 Å². The molecule has 27 heavy (non-hydrogen) atoms. The number of aliphatic imine (C=N–C) groups is 1. The Hall–Kier alpha value is -1.77. The van der Waals surface area contributed by atoms with E-state index < -0.39 is 0 Å². The normalized spacial score (nSPS) is 11.1. The number of anilines is 1. The lowest BCUT2D eigenvalue weighted by Gasteiger charge is -2.24. The van der Waals surface area contributed by atoms with Gasteiger partial charge in [0, 0.05) is 57.2 Å². The van der Waals surface area contributed by atoms with E-state index in [1.807, 2.05) is 18.7 Å². The van der Waals surface area contributed by atoms with Crippen molar-refractivity contribution in [2.45, 2.75) is 34.2 Å². The first-order valence-corrected chi connectivity index (χ1v) is 9.21. The number of benzene rings is 1. The number of rotatable bonds is 7. The molecule has 0 radical (unpaired) electrons. The molecular formula is C20H33IN6. The Morgan fingerprint density at radius 2 is 1.96 bits per heavy atom. The molecule has 2 N–H and O–H groups in total. The van der Waals surface area contributed by atoms with Crippen LogP contribution >= 0.6 is 24.0 Å². The maximum absolute atomic E-state index is 4.46. The number of guanidine groups is 1. The Morgan fingerprint density at radius 3 is 2.52 bits per heavy atom. The van der Waals surface area contributed by atoms with Crippen LogP contribution in [0.3, 0.4) is 0 Å². The molecule has 2 rings (SSSR count). The molecule has 0 aliphatic rings. The van der Waals surface area contributed by atoms with E-state index in [1.54, 1.807) is 7.05 Å². The first kappa shape index (κ1) is 23.3. The summed E-state index contributed by atoms with van der Waals surface area (Å²) in [5.41, 5.74) is 6.02. The van der Waals surface area contributed by atoms with Crippen molar-refractivity contribution in [2.75, 3.05) is 31.6 Å². The smallest absolute Gasteiger partial charge is 0.191 e. The van der Waals surface area contributed by atoms with Crippen LogP contribution in [0.25, 0.3) is 0 Å². The second kappa shape index (κ2) is 11.2. The van der Waals surface area contributed by atoms with Gasteiger partial charge < -0.3 is 15.5 Å². The summed E-state index contributed by atoms with van der Waals surface area (Å²) >= 11 is 0. The fourth-order valence-corrected chi connectivity index (χ4v) is 3.07. The van der Waals surface area contributed by atoms with Crippen molar-refractivity contribution in [3.05, 3.63) is 46.8 Å². The van der Waals surface area contributed by atoms with E-state index in [0.29, 0.717) is 0 Å². The molecule has 0 bridgehead atoms. The van der Waals surface area contributed by atoms with E-state index >= 15 is 0 Å². The van der Waals surface area contributed by atoms with Crippen molar-refractivity contribution in [1.29, 1.82) is 0 Å². The van der Waals surface area contributed by atoms with Gasteiger partial charge in [0.25, 0.3) is 0 Å². The number of hydrogen-bond donors (Lipinski definition) is 2. The predicted octanol–water partition coefficient (Wildman–Crippen LogP) is 3.15. The lowest BCUT2D eigenvalue weighted by Crippen LogP contribution is -2.41. The minimum Gasteiger partial charge on any atom is -0.370 e. The van der Waals surface area contributed by atoms with Crippen LogP contribution in [0, 0.1) is 20.8 Å². The highest BCUT2D eigenvalue weighted by Crippen LogP contribution is 2.15. The number of nitrogens with zero attached hydrogens (tertiary/aromatic N) is 4. The zero-order valence-corrected chi connectivity index (χ0v) is 19.7. The summed E-state index contributed by atoms with van der Waals surface area (Å²) in [7, 11) is 3.78. The Labute approximate surface area is 180 Å². The summed E-state index contributed by atoms with van der Waals surface area (Å²) in [5, 5.41) is 11.3. The van der Waals surface area contributed by atoms with Crippen molar-refractivity contribution in [1.82, 2.24) is 20.4 Å². The van der Waals surface area contributed by atoms with E-state index in [-0.39, 0.29) is 24.0 Å². The van der Waals surface area contributed by atoms with Crippen LogP contribution in [0.5, 0.6) is 0 Å². The molecule has 0 saturated carbocycles. The summed E-state index contributed by atoms with van der Waals surface area (Å²) in [6, 6.07) is 8.63. The second-order valence-electron chi connectivity index (χ2n) is 6.54. The van der Waals surface area contributed by atoms with Gasteiger partial charge in [0.2, 0.25) is 0 Å². The van der Waals surface area contributed by atoms with Gasteiger partial charge in [-0.2, -0.15) is 5.10 Å². The largest absolute Gasteiger partial charge is 0.370 e. The molecule has 0 atom stereocenters. The van der Waals surface area contributed by atoms with Crippen LogP contribution in [-0.4, -0.2) is 42.4 Å². The molecule has 1 aromatic heterocycles. The minimum absolute atomic E-state index is 0. The fourth-order valence-electron chi connectivity index (χ4n) is 3.07. The molecular weight excluding hydrogens is 451 g/mol. The van der Waals surface area contributed by atoms with Crippen LogP contribution in [0.1, 0.15) is 29.4 Å². The maximum Gasteiger partial charge on any atom is 0.191 e. The van der Waals surface area contributed by atoms with Crippen LogP contribution in [0.4, 0.5) is 5.69 Å². The number of nitrogens with one attached hydrogen (secondary N) is 2. The lowest BCUT2D eigenvalue weighted by atomic mass is 10.2. The first-order chi connectivity index (χ1) is 12.5. The Balaban J connectivity index is 0.00000364. The Kier molecular flexibility index (Phi) is 9.62. The molecule has 0 amide bonds. The SMILES string of the molecule is CCN(CCNC(=NC)NCc1c(C)nn(C)c1C)c1cccc(C)c1.I. The molecule has 2 aromatic rings. The highest BCUT2D eigenvalue weighted by Gasteiger charge is 2.10. The molecule has 0 fully saturated rings. The van der Waals surface area contributed by atoms with E-state index in [9.17, 15) is 0 Å². The molecule has 0 aliphatic carbocycles. The third kappa shape index (κ3) is 6.41. The number of hydrogen-bond acceptors (Lipinski definition) is 3. The third-order valence-corrected chi connectivity index (χ3v) is 4.74. The van der Waals surface area contributed by atoms with Gasteiger partial charge in [0.05, 0.1) is 5.69 Å². The van der Waals surface area contributed by atoms with E-state index in [0.717, 1.165) is 37.8 Å².